The summed E-state index contributed by atoms with van der Waals surface area (Å²) in [6.07, 6.45) is 4.15. The van der Waals surface area contributed by atoms with E-state index in [9.17, 15) is 0 Å². The second kappa shape index (κ2) is 7.25. The topological polar surface area (TPSA) is 18.5 Å². The van der Waals surface area contributed by atoms with Crippen molar-refractivity contribution in [3.8, 4) is 0 Å². The predicted octanol–water partition coefficient (Wildman–Crippen LogP) is 1.40. The van der Waals surface area contributed by atoms with Crippen molar-refractivity contribution in [1.82, 2.24) is 15.1 Å². The molecule has 96 valence electrons. The van der Waals surface area contributed by atoms with Crippen molar-refractivity contribution >= 4 is 0 Å². The van der Waals surface area contributed by atoms with E-state index in [0.717, 1.165) is 25.7 Å². The van der Waals surface area contributed by atoms with Gasteiger partial charge in [0.25, 0.3) is 0 Å². The fourth-order valence-corrected chi connectivity index (χ4v) is 2.18. The van der Waals surface area contributed by atoms with Crippen molar-refractivity contribution in [3.05, 3.63) is 0 Å². The van der Waals surface area contributed by atoms with Crippen LogP contribution in [0.2, 0.25) is 0 Å². The van der Waals surface area contributed by atoms with Crippen molar-refractivity contribution in [3.63, 3.8) is 0 Å². The van der Waals surface area contributed by atoms with Crippen LogP contribution >= 0.6 is 0 Å². The molecule has 3 heteroatoms. The third-order valence-corrected chi connectivity index (χ3v) is 3.82. The molecule has 0 radical (unpaired) electrons. The number of hydrogen-bond donors (Lipinski definition) is 1. The maximum absolute atomic E-state index is 3.59. The third kappa shape index (κ3) is 4.81. The van der Waals surface area contributed by atoms with Gasteiger partial charge in [-0.1, -0.05) is 6.42 Å². The van der Waals surface area contributed by atoms with E-state index in [-0.39, 0.29) is 0 Å². The molecule has 1 atom stereocenters. The molecule has 1 aliphatic rings. The normalized spacial score (nSPS) is 23.2. The maximum atomic E-state index is 3.59. The smallest absolute Gasteiger partial charge is 0.0217 e. The molecule has 0 aromatic carbocycles. The van der Waals surface area contributed by atoms with Crippen LogP contribution in [0.15, 0.2) is 0 Å². The average Bonchev–Trinajstić information content (AvgIpc) is 2.26. The van der Waals surface area contributed by atoms with Gasteiger partial charge >= 0.3 is 0 Å². The molecule has 0 saturated carbocycles. The second-order valence-corrected chi connectivity index (χ2v) is 5.41. The summed E-state index contributed by atoms with van der Waals surface area (Å²) in [6, 6.07) is 1.41. The summed E-state index contributed by atoms with van der Waals surface area (Å²) in [7, 11) is 4.45. The highest BCUT2D eigenvalue weighted by atomic mass is 15.2. The number of likely N-dealkylation sites (N-methyl/N-ethyl adjacent to an activating group) is 2. The van der Waals surface area contributed by atoms with Crippen molar-refractivity contribution in [2.75, 3.05) is 40.3 Å². The van der Waals surface area contributed by atoms with Gasteiger partial charge in [-0.15, -0.1) is 0 Å². The van der Waals surface area contributed by atoms with Crippen LogP contribution in [0.25, 0.3) is 0 Å². The molecule has 3 nitrogen and oxygen atoms in total. The van der Waals surface area contributed by atoms with Crippen molar-refractivity contribution < 1.29 is 0 Å². The molecule has 0 bridgehead atoms. The van der Waals surface area contributed by atoms with E-state index in [1.54, 1.807) is 0 Å². The van der Waals surface area contributed by atoms with Crippen LogP contribution in [0.5, 0.6) is 0 Å². The Morgan fingerprint density at radius 1 is 1.38 bits per heavy atom. The molecule has 1 heterocycles. The fourth-order valence-electron chi connectivity index (χ4n) is 2.18. The summed E-state index contributed by atoms with van der Waals surface area (Å²) in [4.78, 5) is 4.89. The van der Waals surface area contributed by atoms with E-state index in [0.29, 0.717) is 6.04 Å². The molecule has 0 spiro atoms. The molecule has 1 rings (SSSR count). The molecule has 0 aromatic rings. The summed E-state index contributed by atoms with van der Waals surface area (Å²) in [5.41, 5.74) is 0. The molecule has 16 heavy (non-hydrogen) atoms. The monoisotopic (exact) mass is 227 g/mol. The Balaban J connectivity index is 2.06. The Labute approximate surface area is 101 Å². The minimum absolute atomic E-state index is 0.652. The number of rotatable bonds is 6. The van der Waals surface area contributed by atoms with E-state index in [1.807, 2.05) is 0 Å². The minimum atomic E-state index is 0.652. The SMILES string of the molecule is CC(C)N(C)CCNCC1CCCCN1C. The first-order chi connectivity index (χ1) is 7.61. The number of likely N-dealkylation sites (tertiary alicyclic amines) is 1. The Morgan fingerprint density at radius 2 is 2.12 bits per heavy atom. The predicted molar refractivity (Wildman–Crippen MR) is 70.9 cm³/mol. The van der Waals surface area contributed by atoms with E-state index < -0.39 is 0 Å². The van der Waals surface area contributed by atoms with Crippen LogP contribution in [0.1, 0.15) is 33.1 Å². The van der Waals surface area contributed by atoms with Crippen LogP contribution in [0.3, 0.4) is 0 Å². The molecule has 0 amide bonds. The van der Waals surface area contributed by atoms with Gasteiger partial charge in [-0.25, -0.2) is 0 Å². The number of hydrogen-bond acceptors (Lipinski definition) is 3. The molecule has 0 aliphatic carbocycles. The molecule has 1 aliphatic heterocycles. The molecule has 1 unspecified atom stereocenters. The van der Waals surface area contributed by atoms with Gasteiger partial charge in [0, 0.05) is 31.7 Å². The summed E-state index contributed by atoms with van der Waals surface area (Å²) >= 11 is 0. The number of nitrogens with zero attached hydrogens (tertiary/aromatic N) is 2. The van der Waals surface area contributed by atoms with Gasteiger partial charge in [0.1, 0.15) is 0 Å². The second-order valence-electron chi connectivity index (χ2n) is 5.41. The summed E-state index contributed by atoms with van der Waals surface area (Å²) in [6.45, 7) is 9.18. The van der Waals surface area contributed by atoms with E-state index in [4.69, 9.17) is 0 Å². The molecule has 1 saturated heterocycles. The minimum Gasteiger partial charge on any atom is -0.314 e. The van der Waals surface area contributed by atoms with Crippen molar-refractivity contribution in [1.29, 1.82) is 0 Å². The summed E-state index contributed by atoms with van der Waals surface area (Å²) in [5, 5.41) is 3.59. The first-order valence-electron chi connectivity index (χ1n) is 6.72. The van der Waals surface area contributed by atoms with Crippen molar-refractivity contribution in [2.45, 2.75) is 45.2 Å². The molecular formula is C13H29N3. The quantitative estimate of drug-likeness (QED) is 0.692. The first-order valence-corrected chi connectivity index (χ1v) is 6.72. The standard InChI is InChI=1S/C13H29N3/c1-12(2)15(3)10-8-14-11-13-7-5-6-9-16(13)4/h12-14H,5-11H2,1-4H3. The zero-order valence-electron chi connectivity index (χ0n) is 11.5. The van der Waals surface area contributed by atoms with E-state index in [1.165, 1.54) is 25.8 Å². The van der Waals surface area contributed by atoms with Gasteiger partial charge in [-0.3, -0.25) is 0 Å². The van der Waals surface area contributed by atoms with Crippen LogP contribution in [0.4, 0.5) is 0 Å². The lowest BCUT2D eigenvalue weighted by molar-refractivity contribution is 0.179. The van der Waals surface area contributed by atoms with Crippen LogP contribution in [-0.2, 0) is 0 Å². The number of piperidine rings is 1. The van der Waals surface area contributed by atoms with Crippen LogP contribution < -0.4 is 5.32 Å². The van der Waals surface area contributed by atoms with Gasteiger partial charge in [0.2, 0.25) is 0 Å². The van der Waals surface area contributed by atoms with Crippen LogP contribution in [-0.4, -0.2) is 62.2 Å². The van der Waals surface area contributed by atoms with Gasteiger partial charge < -0.3 is 15.1 Å². The highest BCUT2D eigenvalue weighted by Crippen LogP contribution is 2.13. The average molecular weight is 227 g/mol. The highest BCUT2D eigenvalue weighted by Gasteiger charge is 2.17. The van der Waals surface area contributed by atoms with Crippen LogP contribution in [0, 0.1) is 0 Å². The van der Waals surface area contributed by atoms with Gasteiger partial charge in [-0.2, -0.15) is 0 Å². The summed E-state index contributed by atoms with van der Waals surface area (Å²) < 4.78 is 0. The van der Waals surface area contributed by atoms with Gasteiger partial charge in [0.05, 0.1) is 0 Å². The Bertz CT molecular complexity index is 182. The van der Waals surface area contributed by atoms with E-state index in [2.05, 4.69) is 43.1 Å². The molecular weight excluding hydrogens is 198 g/mol. The lowest BCUT2D eigenvalue weighted by Crippen LogP contribution is -2.44. The summed E-state index contributed by atoms with van der Waals surface area (Å²) in [5.74, 6) is 0. The Morgan fingerprint density at radius 3 is 2.75 bits per heavy atom. The molecule has 1 N–H and O–H groups in total. The van der Waals surface area contributed by atoms with Gasteiger partial charge in [0.15, 0.2) is 0 Å². The zero-order chi connectivity index (χ0) is 12.0. The highest BCUT2D eigenvalue weighted by molar-refractivity contribution is 4.76. The maximum Gasteiger partial charge on any atom is 0.0217 e. The Kier molecular flexibility index (Phi) is 6.32. The van der Waals surface area contributed by atoms with Crippen molar-refractivity contribution in [2.24, 2.45) is 0 Å². The van der Waals surface area contributed by atoms with E-state index >= 15 is 0 Å². The first kappa shape index (κ1) is 13.9. The van der Waals surface area contributed by atoms with Gasteiger partial charge in [-0.05, 0) is 47.3 Å². The lowest BCUT2D eigenvalue weighted by Gasteiger charge is -2.32. The molecule has 0 aromatic heterocycles. The molecule has 1 fully saturated rings. The largest absolute Gasteiger partial charge is 0.314 e. The number of nitrogens with one attached hydrogen (secondary N) is 1. The third-order valence-electron chi connectivity index (χ3n) is 3.82. The zero-order valence-corrected chi connectivity index (χ0v) is 11.5. The lowest BCUT2D eigenvalue weighted by atomic mass is 10.0. The Hall–Kier alpha value is -0.120. The fraction of sp³-hybridized carbons (Fsp3) is 1.00.